The zero-order valence-electron chi connectivity index (χ0n) is 15.0. The molecule has 4 nitrogen and oxygen atoms in total. The molecule has 0 fully saturated rings. The predicted octanol–water partition coefficient (Wildman–Crippen LogP) is 3.95. The highest BCUT2D eigenvalue weighted by molar-refractivity contribution is 5.82. The summed E-state index contributed by atoms with van der Waals surface area (Å²) in [6.45, 7) is 2.50. The molecule has 1 aromatic heterocycles. The first-order chi connectivity index (χ1) is 12.7. The van der Waals surface area contributed by atoms with E-state index in [0.717, 1.165) is 48.6 Å². The Balaban J connectivity index is 1.61. The smallest absolute Gasteiger partial charge is 0.161 e. The van der Waals surface area contributed by atoms with Gasteiger partial charge in [-0.25, -0.2) is 4.39 Å². The largest absolute Gasteiger partial charge is 0.493 e. The number of rotatable bonds is 4. The Morgan fingerprint density at radius 2 is 1.85 bits per heavy atom. The molecule has 0 radical (unpaired) electrons. The van der Waals surface area contributed by atoms with E-state index < -0.39 is 0 Å². The number of methoxy groups -OCH3 is 2. The van der Waals surface area contributed by atoms with Gasteiger partial charge in [0.05, 0.1) is 19.7 Å². The number of benzene rings is 2. The Labute approximate surface area is 152 Å². The zero-order chi connectivity index (χ0) is 18.1. The lowest BCUT2D eigenvalue weighted by Gasteiger charge is -2.29. The molecule has 0 saturated carbocycles. The molecule has 3 aromatic rings. The highest BCUT2D eigenvalue weighted by Crippen LogP contribution is 2.33. The van der Waals surface area contributed by atoms with Gasteiger partial charge in [0, 0.05) is 31.2 Å². The van der Waals surface area contributed by atoms with Crippen LogP contribution in [0.4, 0.5) is 4.39 Å². The second-order valence-corrected chi connectivity index (χ2v) is 6.54. The molecule has 0 spiro atoms. The van der Waals surface area contributed by atoms with E-state index in [0.29, 0.717) is 5.39 Å². The molecular formula is C21H21FN2O2. The summed E-state index contributed by atoms with van der Waals surface area (Å²) >= 11 is 0. The average Bonchev–Trinajstić information content (AvgIpc) is 2.69. The summed E-state index contributed by atoms with van der Waals surface area (Å²) in [4.78, 5) is 6.76. The molecule has 0 unspecified atom stereocenters. The van der Waals surface area contributed by atoms with Crippen molar-refractivity contribution in [3.05, 3.63) is 65.1 Å². The van der Waals surface area contributed by atoms with Gasteiger partial charge in [0.25, 0.3) is 0 Å². The Bertz CT molecular complexity index is 958. The molecule has 26 heavy (non-hydrogen) atoms. The van der Waals surface area contributed by atoms with Crippen molar-refractivity contribution in [1.82, 2.24) is 9.88 Å². The molecule has 1 aliphatic rings. The molecule has 0 aliphatic carbocycles. The summed E-state index contributed by atoms with van der Waals surface area (Å²) in [6, 6.07) is 11.1. The van der Waals surface area contributed by atoms with E-state index in [-0.39, 0.29) is 5.82 Å². The van der Waals surface area contributed by atoms with Crippen LogP contribution in [0.15, 0.2) is 42.6 Å². The number of fused-ring (bicyclic) bond motifs is 2. The molecule has 2 heterocycles. The van der Waals surface area contributed by atoms with Crippen LogP contribution in [-0.2, 0) is 19.5 Å². The third-order valence-corrected chi connectivity index (χ3v) is 4.99. The van der Waals surface area contributed by atoms with Crippen molar-refractivity contribution >= 4 is 10.9 Å². The van der Waals surface area contributed by atoms with Crippen molar-refractivity contribution < 1.29 is 13.9 Å². The van der Waals surface area contributed by atoms with Gasteiger partial charge < -0.3 is 9.47 Å². The van der Waals surface area contributed by atoms with E-state index in [1.807, 2.05) is 6.07 Å². The van der Waals surface area contributed by atoms with Gasteiger partial charge in [0.1, 0.15) is 5.82 Å². The molecule has 134 valence electrons. The van der Waals surface area contributed by atoms with Crippen LogP contribution >= 0.6 is 0 Å². The maximum atomic E-state index is 14.0. The van der Waals surface area contributed by atoms with Gasteiger partial charge in [0.2, 0.25) is 0 Å². The van der Waals surface area contributed by atoms with E-state index in [1.54, 1.807) is 32.5 Å². The SMILES string of the molecule is COc1cc2c(cc1OC)CN(Cc1ccc(F)c3cccnc13)CC2. The lowest BCUT2D eigenvalue weighted by Crippen LogP contribution is -2.30. The number of hydrogen-bond acceptors (Lipinski definition) is 4. The fourth-order valence-corrected chi connectivity index (χ4v) is 3.64. The van der Waals surface area contributed by atoms with E-state index in [2.05, 4.69) is 22.0 Å². The second kappa shape index (κ2) is 6.92. The number of hydrogen-bond donors (Lipinski definition) is 0. The van der Waals surface area contributed by atoms with Crippen LogP contribution in [0.2, 0.25) is 0 Å². The van der Waals surface area contributed by atoms with Crippen LogP contribution in [-0.4, -0.2) is 30.6 Å². The minimum absolute atomic E-state index is 0.224. The minimum Gasteiger partial charge on any atom is -0.493 e. The van der Waals surface area contributed by atoms with Gasteiger partial charge >= 0.3 is 0 Å². The Morgan fingerprint density at radius 3 is 2.62 bits per heavy atom. The van der Waals surface area contributed by atoms with E-state index >= 15 is 0 Å². The molecule has 0 amide bonds. The summed E-state index contributed by atoms with van der Waals surface area (Å²) in [7, 11) is 3.31. The van der Waals surface area contributed by atoms with Crippen molar-refractivity contribution in [2.45, 2.75) is 19.5 Å². The number of halogens is 1. The highest BCUT2D eigenvalue weighted by atomic mass is 19.1. The maximum absolute atomic E-state index is 14.0. The van der Waals surface area contributed by atoms with Crippen molar-refractivity contribution in [3.8, 4) is 11.5 Å². The van der Waals surface area contributed by atoms with Crippen LogP contribution in [0, 0.1) is 5.82 Å². The molecular weight excluding hydrogens is 331 g/mol. The number of aromatic nitrogens is 1. The van der Waals surface area contributed by atoms with Crippen molar-refractivity contribution in [3.63, 3.8) is 0 Å². The summed E-state index contributed by atoms with van der Waals surface area (Å²) in [5.41, 5.74) is 4.32. The molecule has 1 aliphatic heterocycles. The number of ether oxygens (including phenoxy) is 2. The van der Waals surface area contributed by atoms with E-state index in [9.17, 15) is 4.39 Å². The Hall–Kier alpha value is -2.66. The molecule has 0 saturated heterocycles. The normalized spacial score (nSPS) is 14.3. The topological polar surface area (TPSA) is 34.6 Å². The fraction of sp³-hybridized carbons (Fsp3) is 0.286. The van der Waals surface area contributed by atoms with Crippen molar-refractivity contribution in [2.75, 3.05) is 20.8 Å². The lowest BCUT2D eigenvalue weighted by atomic mass is 9.98. The summed E-state index contributed by atoms with van der Waals surface area (Å²) in [5, 5.41) is 0.578. The first-order valence-corrected chi connectivity index (χ1v) is 8.68. The standard InChI is InChI=1S/C21H21FN2O2/c1-25-19-10-14-7-9-24(13-16(14)11-20(19)26-2)12-15-5-6-18(22)17-4-3-8-23-21(15)17/h3-6,8,10-11H,7,9,12-13H2,1-2H3. The van der Waals surface area contributed by atoms with Gasteiger partial charge in [-0.15, -0.1) is 0 Å². The fourth-order valence-electron chi connectivity index (χ4n) is 3.64. The van der Waals surface area contributed by atoms with Crippen molar-refractivity contribution in [2.24, 2.45) is 0 Å². The number of pyridine rings is 1. The van der Waals surface area contributed by atoms with Gasteiger partial charge in [-0.1, -0.05) is 6.07 Å². The maximum Gasteiger partial charge on any atom is 0.161 e. The van der Waals surface area contributed by atoms with Gasteiger partial charge in [-0.2, -0.15) is 0 Å². The average molecular weight is 352 g/mol. The third kappa shape index (κ3) is 2.99. The zero-order valence-corrected chi connectivity index (χ0v) is 15.0. The molecule has 0 bridgehead atoms. The van der Waals surface area contributed by atoms with Gasteiger partial charge in [0.15, 0.2) is 11.5 Å². The molecule has 5 heteroatoms. The van der Waals surface area contributed by atoms with Crippen molar-refractivity contribution in [1.29, 1.82) is 0 Å². The second-order valence-electron chi connectivity index (χ2n) is 6.54. The van der Waals surface area contributed by atoms with E-state index in [1.165, 1.54) is 17.2 Å². The Kier molecular flexibility index (Phi) is 4.47. The monoisotopic (exact) mass is 352 g/mol. The summed E-state index contributed by atoms with van der Waals surface area (Å²) in [6.07, 6.45) is 2.66. The van der Waals surface area contributed by atoms with Crippen LogP contribution in [0.5, 0.6) is 11.5 Å². The Morgan fingerprint density at radius 1 is 1.08 bits per heavy atom. The quantitative estimate of drug-likeness (QED) is 0.712. The van der Waals surface area contributed by atoms with Crippen LogP contribution in [0.1, 0.15) is 16.7 Å². The summed E-state index contributed by atoms with van der Waals surface area (Å²) < 4.78 is 24.9. The molecule has 4 rings (SSSR count). The van der Waals surface area contributed by atoms with E-state index in [4.69, 9.17) is 9.47 Å². The van der Waals surface area contributed by atoms with Gasteiger partial charge in [-0.3, -0.25) is 9.88 Å². The first kappa shape index (κ1) is 16.8. The molecule has 0 atom stereocenters. The lowest BCUT2D eigenvalue weighted by molar-refractivity contribution is 0.245. The highest BCUT2D eigenvalue weighted by Gasteiger charge is 2.20. The predicted molar refractivity (Wildman–Crippen MR) is 99.1 cm³/mol. The minimum atomic E-state index is -0.224. The molecule has 0 N–H and O–H groups in total. The first-order valence-electron chi connectivity index (χ1n) is 8.68. The van der Waals surface area contributed by atoms with Crippen LogP contribution in [0.25, 0.3) is 10.9 Å². The van der Waals surface area contributed by atoms with Gasteiger partial charge in [-0.05, 0) is 53.4 Å². The summed E-state index contributed by atoms with van der Waals surface area (Å²) in [5.74, 6) is 1.30. The van der Waals surface area contributed by atoms with Crippen LogP contribution in [0.3, 0.4) is 0 Å². The molecule has 2 aromatic carbocycles. The number of nitrogens with zero attached hydrogens (tertiary/aromatic N) is 2. The van der Waals surface area contributed by atoms with Crippen LogP contribution < -0.4 is 9.47 Å². The third-order valence-electron chi connectivity index (χ3n) is 4.99.